The molecular formula is C15H21ClN2O5. The molecule has 1 amide bonds. The molecule has 1 aliphatic heterocycles. The zero-order valence-corrected chi connectivity index (χ0v) is 13.7. The Morgan fingerprint density at radius 2 is 2.09 bits per heavy atom. The van der Waals surface area contributed by atoms with Crippen LogP contribution in [0.25, 0.3) is 0 Å². The number of esters is 1. The van der Waals surface area contributed by atoms with Gasteiger partial charge in [-0.2, -0.15) is 0 Å². The number of morpholine rings is 1. The molecule has 1 heterocycles. The third-order valence-electron chi connectivity index (χ3n) is 3.14. The van der Waals surface area contributed by atoms with Crippen LogP contribution in [0.1, 0.15) is 6.42 Å². The molecule has 0 radical (unpaired) electrons. The lowest BCUT2D eigenvalue weighted by molar-refractivity contribution is -0.142. The zero-order valence-electron chi connectivity index (χ0n) is 12.9. The lowest BCUT2D eigenvalue weighted by Gasteiger charge is -2.23. The molecule has 1 aromatic rings. The molecule has 8 heteroatoms. The minimum Gasteiger partial charge on any atom is -0.482 e. The van der Waals surface area contributed by atoms with E-state index in [0.717, 1.165) is 6.54 Å². The van der Waals surface area contributed by atoms with Crippen LogP contribution in [0.5, 0.6) is 5.75 Å². The summed E-state index contributed by atoms with van der Waals surface area (Å²) in [6.45, 7) is 2.00. The van der Waals surface area contributed by atoms with Crippen molar-refractivity contribution < 1.29 is 23.8 Å². The maximum Gasteiger partial charge on any atom is 0.343 e. The van der Waals surface area contributed by atoms with E-state index in [4.69, 9.17) is 9.47 Å². The van der Waals surface area contributed by atoms with Crippen LogP contribution in [0.15, 0.2) is 24.3 Å². The van der Waals surface area contributed by atoms with Crippen LogP contribution in [0.3, 0.4) is 0 Å². The molecule has 2 rings (SSSR count). The lowest BCUT2D eigenvalue weighted by atomic mass is 10.2. The first kappa shape index (κ1) is 19.2. The summed E-state index contributed by atoms with van der Waals surface area (Å²) in [5, 5.41) is 5.98. The highest BCUT2D eigenvalue weighted by molar-refractivity contribution is 5.91. The number of benzene rings is 1. The number of hydrogen-bond donors (Lipinski definition) is 2. The average molecular weight is 345 g/mol. The van der Waals surface area contributed by atoms with Gasteiger partial charge < -0.3 is 24.8 Å². The molecule has 0 spiro atoms. The highest BCUT2D eigenvalue weighted by atomic mass is 35.5. The van der Waals surface area contributed by atoms with Crippen LogP contribution in [-0.4, -0.2) is 51.4 Å². The molecule has 2 N–H and O–H groups in total. The average Bonchev–Trinajstić information content (AvgIpc) is 2.54. The van der Waals surface area contributed by atoms with Gasteiger partial charge in [-0.25, -0.2) is 4.79 Å². The number of carbonyl (C=O) groups is 2. The molecule has 0 saturated carbocycles. The number of amides is 1. The SMILES string of the molecule is COC(=O)COc1ccc(NC(=O)CC2CNCCO2)cc1.Cl. The van der Waals surface area contributed by atoms with Crippen LogP contribution in [0.4, 0.5) is 5.69 Å². The largest absolute Gasteiger partial charge is 0.482 e. The van der Waals surface area contributed by atoms with Crippen molar-refractivity contribution >= 4 is 30.0 Å². The zero-order chi connectivity index (χ0) is 15.8. The summed E-state index contributed by atoms with van der Waals surface area (Å²) in [6, 6.07) is 6.78. The fourth-order valence-corrected chi connectivity index (χ4v) is 2.01. The van der Waals surface area contributed by atoms with Crippen molar-refractivity contribution in [2.45, 2.75) is 12.5 Å². The van der Waals surface area contributed by atoms with E-state index in [-0.39, 0.29) is 31.0 Å². The molecule has 0 aromatic heterocycles. The van der Waals surface area contributed by atoms with Crippen LogP contribution >= 0.6 is 12.4 Å². The molecule has 1 unspecified atom stereocenters. The maximum absolute atomic E-state index is 11.9. The van der Waals surface area contributed by atoms with Gasteiger partial charge >= 0.3 is 5.97 Å². The first-order valence-corrected chi connectivity index (χ1v) is 7.09. The van der Waals surface area contributed by atoms with Crippen molar-refractivity contribution in [3.63, 3.8) is 0 Å². The Hall–Kier alpha value is -1.83. The number of halogens is 1. The first-order chi connectivity index (χ1) is 10.7. The summed E-state index contributed by atoms with van der Waals surface area (Å²) >= 11 is 0. The summed E-state index contributed by atoms with van der Waals surface area (Å²) in [5.41, 5.74) is 0.666. The van der Waals surface area contributed by atoms with Crippen LogP contribution in [-0.2, 0) is 19.1 Å². The topological polar surface area (TPSA) is 85.9 Å². The minimum absolute atomic E-state index is 0. The predicted octanol–water partition coefficient (Wildman–Crippen LogP) is 0.977. The number of methoxy groups -OCH3 is 1. The Kier molecular flexibility index (Phi) is 8.39. The van der Waals surface area contributed by atoms with Crippen molar-refractivity contribution in [1.29, 1.82) is 0 Å². The molecule has 0 bridgehead atoms. The standard InChI is InChI=1S/C15H20N2O5.ClH/c1-20-15(19)10-22-12-4-2-11(3-5-12)17-14(18)8-13-9-16-6-7-21-13;/h2-5,13,16H,6-10H2,1H3,(H,17,18);1H. The molecule has 1 aromatic carbocycles. The lowest BCUT2D eigenvalue weighted by Crippen LogP contribution is -2.40. The van der Waals surface area contributed by atoms with Crippen molar-refractivity contribution in [1.82, 2.24) is 5.32 Å². The molecule has 1 fully saturated rings. The third kappa shape index (κ3) is 6.85. The fraction of sp³-hybridized carbons (Fsp3) is 0.467. The molecule has 1 atom stereocenters. The van der Waals surface area contributed by atoms with Gasteiger partial charge in [0.2, 0.25) is 5.91 Å². The molecule has 128 valence electrons. The van der Waals surface area contributed by atoms with Gasteiger partial charge in [0.15, 0.2) is 6.61 Å². The maximum atomic E-state index is 11.9. The summed E-state index contributed by atoms with van der Waals surface area (Å²) in [6.07, 6.45) is 0.226. The van der Waals surface area contributed by atoms with Gasteiger partial charge in [-0.3, -0.25) is 4.79 Å². The summed E-state index contributed by atoms with van der Waals surface area (Å²) in [5.74, 6) is -0.0152. The monoisotopic (exact) mass is 344 g/mol. The second-order valence-corrected chi connectivity index (χ2v) is 4.84. The Bertz CT molecular complexity index is 503. The predicted molar refractivity (Wildman–Crippen MR) is 87.1 cm³/mol. The van der Waals surface area contributed by atoms with Gasteiger partial charge in [0.1, 0.15) is 5.75 Å². The molecule has 1 saturated heterocycles. The number of nitrogens with one attached hydrogen (secondary N) is 2. The molecule has 7 nitrogen and oxygen atoms in total. The van der Waals surface area contributed by atoms with Gasteiger partial charge in [-0.15, -0.1) is 12.4 Å². The van der Waals surface area contributed by atoms with E-state index in [9.17, 15) is 9.59 Å². The van der Waals surface area contributed by atoms with E-state index < -0.39 is 5.97 Å². The van der Waals surface area contributed by atoms with Gasteiger partial charge in [0, 0.05) is 18.8 Å². The quantitative estimate of drug-likeness (QED) is 0.748. The van der Waals surface area contributed by atoms with Crippen molar-refractivity contribution in [3.05, 3.63) is 24.3 Å². The van der Waals surface area contributed by atoms with E-state index in [1.165, 1.54) is 7.11 Å². The van der Waals surface area contributed by atoms with Gasteiger partial charge in [-0.05, 0) is 24.3 Å². The number of carbonyl (C=O) groups excluding carboxylic acids is 2. The smallest absolute Gasteiger partial charge is 0.343 e. The van der Waals surface area contributed by atoms with Crippen LogP contribution in [0, 0.1) is 0 Å². The van der Waals surface area contributed by atoms with Gasteiger partial charge in [0.25, 0.3) is 0 Å². The highest BCUT2D eigenvalue weighted by Crippen LogP contribution is 2.16. The number of ether oxygens (including phenoxy) is 3. The van der Waals surface area contributed by atoms with Gasteiger partial charge in [0.05, 0.1) is 26.2 Å². The van der Waals surface area contributed by atoms with Crippen LogP contribution < -0.4 is 15.4 Å². The Labute approximate surface area is 141 Å². The Balaban J connectivity index is 0.00000264. The molecule has 1 aliphatic rings. The molecular weight excluding hydrogens is 324 g/mol. The van der Waals surface area contributed by atoms with E-state index in [1.54, 1.807) is 24.3 Å². The number of rotatable bonds is 6. The summed E-state index contributed by atoms with van der Waals surface area (Å²) < 4.78 is 15.2. The number of anilines is 1. The minimum atomic E-state index is -0.446. The second kappa shape index (κ2) is 10.0. The number of hydrogen-bond acceptors (Lipinski definition) is 6. The third-order valence-corrected chi connectivity index (χ3v) is 3.14. The Morgan fingerprint density at radius 1 is 1.35 bits per heavy atom. The highest BCUT2D eigenvalue weighted by Gasteiger charge is 2.17. The second-order valence-electron chi connectivity index (χ2n) is 4.84. The Morgan fingerprint density at radius 3 is 2.70 bits per heavy atom. The van der Waals surface area contributed by atoms with Gasteiger partial charge in [-0.1, -0.05) is 0 Å². The van der Waals surface area contributed by atoms with E-state index in [1.807, 2.05) is 0 Å². The van der Waals surface area contributed by atoms with Crippen molar-refractivity contribution in [2.75, 3.05) is 38.7 Å². The van der Waals surface area contributed by atoms with Crippen molar-refractivity contribution in [2.24, 2.45) is 0 Å². The summed E-state index contributed by atoms with van der Waals surface area (Å²) in [4.78, 5) is 22.9. The normalized spacial score (nSPS) is 16.8. The molecule has 0 aliphatic carbocycles. The van der Waals surface area contributed by atoms with Crippen LogP contribution in [0.2, 0.25) is 0 Å². The fourth-order valence-electron chi connectivity index (χ4n) is 2.01. The van der Waals surface area contributed by atoms with Crippen molar-refractivity contribution in [3.8, 4) is 5.75 Å². The first-order valence-electron chi connectivity index (χ1n) is 7.09. The van der Waals surface area contributed by atoms with E-state index in [2.05, 4.69) is 15.4 Å². The van der Waals surface area contributed by atoms with E-state index in [0.29, 0.717) is 31.0 Å². The summed E-state index contributed by atoms with van der Waals surface area (Å²) in [7, 11) is 1.30. The van der Waals surface area contributed by atoms with E-state index >= 15 is 0 Å². The molecule has 23 heavy (non-hydrogen) atoms.